The molecule has 0 heterocycles. The first kappa shape index (κ1) is 27.1. The van der Waals surface area contributed by atoms with Crippen molar-refractivity contribution in [2.75, 3.05) is 20.6 Å². The largest absolute Gasteiger partial charge is 1.00 e. The van der Waals surface area contributed by atoms with E-state index in [-0.39, 0.29) is 22.9 Å². The van der Waals surface area contributed by atoms with E-state index in [9.17, 15) is 18.3 Å². The van der Waals surface area contributed by atoms with Gasteiger partial charge in [0, 0.05) is 17.9 Å². The maximum atomic E-state index is 12.9. The van der Waals surface area contributed by atoms with Crippen molar-refractivity contribution in [2.45, 2.75) is 31.7 Å². The molecule has 3 rings (SSSR count). The van der Waals surface area contributed by atoms with E-state index in [0.717, 1.165) is 28.8 Å². The Bertz CT molecular complexity index is 991. The third-order valence-corrected chi connectivity index (χ3v) is 6.07. The van der Waals surface area contributed by atoms with Gasteiger partial charge >= 0.3 is 6.18 Å². The molecule has 0 bridgehead atoms. The van der Waals surface area contributed by atoms with Gasteiger partial charge in [-0.15, -0.1) is 0 Å². The molecule has 3 aromatic rings. The van der Waals surface area contributed by atoms with E-state index in [0.29, 0.717) is 24.0 Å². The average molecular weight is 522 g/mol. The monoisotopic (exact) mass is 521 g/mol. The zero-order valence-electron chi connectivity index (χ0n) is 19.2. The summed E-state index contributed by atoms with van der Waals surface area (Å²) in [7, 11) is 4.09. The van der Waals surface area contributed by atoms with E-state index in [1.807, 2.05) is 81.7 Å². The minimum atomic E-state index is -4.33. The van der Waals surface area contributed by atoms with Crippen LogP contribution in [0.25, 0.3) is 0 Å². The molecule has 0 amide bonds. The smallest absolute Gasteiger partial charge is 0.416 e. The van der Waals surface area contributed by atoms with Crippen molar-refractivity contribution in [3.63, 3.8) is 0 Å². The van der Waals surface area contributed by atoms with Crippen molar-refractivity contribution in [2.24, 2.45) is 5.92 Å². The molecule has 0 aliphatic heterocycles. The van der Waals surface area contributed by atoms with Gasteiger partial charge in [-0.25, -0.2) is 0 Å². The second-order valence-electron chi connectivity index (χ2n) is 9.32. The van der Waals surface area contributed by atoms with Crippen LogP contribution < -0.4 is 17.0 Å². The second kappa shape index (κ2) is 10.9. The fourth-order valence-corrected chi connectivity index (χ4v) is 4.44. The molecule has 33 heavy (non-hydrogen) atoms. The highest BCUT2D eigenvalue weighted by Gasteiger charge is 2.39. The first-order chi connectivity index (χ1) is 15.0. The number of aliphatic hydroxyl groups is 1. The van der Waals surface area contributed by atoms with E-state index in [2.05, 4.69) is 0 Å². The molecular formula is C27H31BrF3NO. The fraction of sp³-hybridized carbons (Fsp3) is 0.333. The van der Waals surface area contributed by atoms with Gasteiger partial charge in [-0.3, -0.25) is 0 Å². The second-order valence-corrected chi connectivity index (χ2v) is 9.32. The Morgan fingerprint density at radius 2 is 1.27 bits per heavy atom. The number of hydrogen-bond acceptors (Lipinski definition) is 1. The lowest BCUT2D eigenvalue weighted by Crippen LogP contribution is -3.00. The van der Waals surface area contributed by atoms with Gasteiger partial charge in [0.1, 0.15) is 12.1 Å². The van der Waals surface area contributed by atoms with E-state index >= 15 is 0 Å². The summed E-state index contributed by atoms with van der Waals surface area (Å²) in [4.78, 5) is 0. The van der Waals surface area contributed by atoms with Crippen molar-refractivity contribution in [1.29, 1.82) is 0 Å². The topological polar surface area (TPSA) is 20.2 Å². The Labute approximate surface area is 205 Å². The lowest BCUT2D eigenvalue weighted by atomic mass is 9.77. The number of hydrogen-bond donors (Lipinski definition) is 1. The predicted octanol–water partition coefficient (Wildman–Crippen LogP) is 3.05. The van der Waals surface area contributed by atoms with E-state index < -0.39 is 17.3 Å². The van der Waals surface area contributed by atoms with Crippen molar-refractivity contribution >= 4 is 0 Å². The number of halogens is 4. The van der Waals surface area contributed by atoms with Crippen molar-refractivity contribution in [3.05, 3.63) is 107 Å². The van der Waals surface area contributed by atoms with Gasteiger partial charge in [0.05, 0.1) is 26.2 Å². The maximum absolute atomic E-state index is 12.9. The molecule has 0 aliphatic rings. The van der Waals surface area contributed by atoms with E-state index in [1.165, 1.54) is 0 Å². The standard InChI is InChI=1S/C27H31F3NO.BrH/c1-21(19-31(2,3)20-23-14-16-25(17-15-23)27(28,29)30)26(32,24-12-8-5-9-13-24)18-22-10-6-4-7-11-22;/h4-17,21,32H,18-20H2,1-3H3;1H/q+1;/p-1/t21-,26+;/m1./s1. The molecular weight excluding hydrogens is 491 g/mol. The lowest BCUT2D eigenvalue weighted by Gasteiger charge is -2.40. The van der Waals surface area contributed by atoms with Gasteiger partial charge in [-0.1, -0.05) is 79.7 Å². The van der Waals surface area contributed by atoms with Crippen LogP contribution in [-0.2, 0) is 24.7 Å². The molecule has 0 saturated heterocycles. The highest BCUT2D eigenvalue weighted by atomic mass is 79.9. The maximum Gasteiger partial charge on any atom is 0.416 e. The summed E-state index contributed by atoms with van der Waals surface area (Å²) < 4.78 is 39.1. The van der Waals surface area contributed by atoms with Crippen molar-refractivity contribution in [1.82, 2.24) is 0 Å². The Morgan fingerprint density at radius 3 is 1.79 bits per heavy atom. The van der Waals surface area contributed by atoms with Crippen LogP contribution in [0.2, 0.25) is 0 Å². The highest BCUT2D eigenvalue weighted by molar-refractivity contribution is 5.28. The third kappa shape index (κ3) is 7.16. The normalized spacial score (nSPS) is 14.8. The SMILES string of the molecule is C[C@H](C[N+](C)(C)Cc1ccc(C(F)(F)F)cc1)[C@@](O)(Cc1ccccc1)c1ccccc1.[Br-]. The molecule has 2 nitrogen and oxygen atoms in total. The molecule has 0 aromatic heterocycles. The zero-order valence-corrected chi connectivity index (χ0v) is 20.8. The van der Waals surface area contributed by atoms with Crippen LogP contribution in [0.5, 0.6) is 0 Å². The molecule has 1 N–H and O–H groups in total. The third-order valence-electron chi connectivity index (χ3n) is 6.07. The minimum absolute atomic E-state index is 0. The zero-order chi connectivity index (χ0) is 23.4. The Morgan fingerprint density at radius 1 is 0.758 bits per heavy atom. The lowest BCUT2D eigenvalue weighted by molar-refractivity contribution is -0.907. The van der Waals surface area contributed by atoms with Gasteiger partial charge in [0.25, 0.3) is 0 Å². The Balaban J connectivity index is 0.00000385. The molecule has 0 radical (unpaired) electrons. The summed E-state index contributed by atoms with van der Waals surface area (Å²) >= 11 is 0. The van der Waals surface area contributed by atoms with E-state index in [1.54, 1.807) is 12.1 Å². The summed E-state index contributed by atoms with van der Waals surface area (Å²) in [6.07, 6.45) is -3.85. The number of quaternary nitrogens is 1. The fourth-order valence-electron chi connectivity index (χ4n) is 4.44. The molecule has 0 aliphatic carbocycles. The van der Waals surface area contributed by atoms with Gasteiger partial charge in [0.2, 0.25) is 0 Å². The summed E-state index contributed by atoms with van der Waals surface area (Å²) in [6, 6.07) is 25.0. The van der Waals surface area contributed by atoms with Crippen LogP contribution in [-0.4, -0.2) is 30.2 Å². The van der Waals surface area contributed by atoms with Crippen LogP contribution in [0.4, 0.5) is 13.2 Å². The molecule has 3 aromatic carbocycles. The summed E-state index contributed by atoms with van der Waals surface area (Å²) in [5.74, 6) is -0.102. The molecule has 0 saturated carbocycles. The first-order valence-electron chi connectivity index (χ1n) is 10.8. The molecule has 6 heteroatoms. The van der Waals surface area contributed by atoms with Gasteiger partial charge in [0.15, 0.2) is 0 Å². The highest BCUT2D eigenvalue weighted by Crippen LogP contribution is 2.35. The molecule has 0 fully saturated rings. The van der Waals surface area contributed by atoms with Crippen LogP contribution in [0, 0.1) is 5.92 Å². The van der Waals surface area contributed by atoms with E-state index in [4.69, 9.17) is 0 Å². The van der Waals surface area contributed by atoms with Gasteiger partial charge < -0.3 is 26.6 Å². The average Bonchev–Trinajstić information content (AvgIpc) is 2.74. The molecule has 2 atom stereocenters. The van der Waals surface area contributed by atoms with Crippen LogP contribution in [0.3, 0.4) is 0 Å². The summed E-state index contributed by atoms with van der Waals surface area (Å²) in [5, 5.41) is 11.9. The van der Waals surface area contributed by atoms with Crippen molar-refractivity contribution < 1.29 is 39.7 Å². The summed E-state index contributed by atoms with van der Waals surface area (Å²) in [5.41, 5.74) is 1.05. The van der Waals surface area contributed by atoms with Crippen LogP contribution in [0.1, 0.15) is 29.2 Å². The predicted molar refractivity (Wildman–Crippen MR) is 122 cm³/mol. The Hall–Kier alpha value is -2.15. The number of alkyl halides is 3. The van der Waals surface area contributed by atoms with Gasteiger partial charge in [-0.2, -0.15) is 13.2 Å². The molecule has 0 spiro atoms. The van der Waals surface area contributed by atoms with Crippen LogP contribution in [0.15, 0.2) is 84.9 Å². The quantitative estimate of drug-likeness (QED) is 0.451. The summed E-state index contributed by atoms with van der Waals surface area (Å²) in [6.45, 7) is 3.26. The Kier molecular flexibility index (Phi) is 8.91. The minimum Gasteiger partial charge on any atom is -1.00 e. The number of nitrogens with zero attached hydrogens (tertiary/aromatic N) is 1. The molecule has 0 unspecified atom stereocenters. The molecule has 178 valence electrons. The van der Waals surface area contributed by atoms with Crippen molar-refractivity contribution in [3.8, 4) is 0 Å². The number of rotatable bonds is 8. The van der Waals surface area contributed by atoms with Crippen LogP contribution >= 0.6 is 0 Å². The number of benzene rings is 3. The van der Waals surface area contributed by atoms with Gasteiger partial charge in [-0.05, 0) is 23.3 Å². The first-order valence-corrected chi connectivity index (χ1v) is 10.8.